The number of aromatic nitrogens is 1. The van der Waals surface area contributed by atoms with Crippen molar-refractivity contribution in [3.05, 3.63) is 65.9 Å². The Labute approximate surface area is 232 Å². The van der Waals surface area contributed by atoms with E-state index in [4.69, 9.17) is 14.2 Å². The number of halogens is 1. The summed E-state index contributed by atoms with van der Waals surface area (Å²) in [6.07, 6.45) is -1.08. The fraction of sp³-hybridized carbons (Fsp3) is 0.333. The molecule has 0 aliphatic carbocycles. The highest BCUT2D eigenvalue weighted by Crippen LogP contribution is 2.32. The molecule has 2 heterocycles. The minimum absolute atomic E-state index is 0. The quantitative estimate of drug-likeness (QED) is 0.181. The second-order valence-electron chi connectivity index (χ2n) is 8.67. The Morgan fingerprint density at radius 2 is 1.84 bits per heavy atom. The minimum atomic E-state index is -1.40. The third kappa shape index (κ3) is 6.39. The second-order valence-corrected chi connectivity index (χ2v) is 8.67. The molecule has 0 saturated carbocycles. The zero-order chi connectivity index (χ0) is 25.8. The average Bonchev–Trinajstić information content (AvgIpc) is 2.88. The van der Waals surface area contributed by atoms with Gasteiger partial charge >= 0.3 is 0 Å². The first-order chi connectivity index (χ1) is 17.3. The van der Waals surface area contributed by atoms with Crippen LogP contribution in [0, 0.1) is 0 Å². The molecule has 10 heteroatoms. The summed E-state index contributed by atoms with van der Waals surface area (Å²) in [4.78, 5) is 11.7. The number of hydrogen-bond acceptors (Lipinski definition) is 7. The molecule has 37 heavy (non-hydrogen) atoms. The third-order valence-electron chi connectivity index (χ3n) is 6.25. The van der Waals surface area contributed by atoms with Gasteiger partial charge in [-0.1, -0.05) is 18.2 Å². The number of amides is 1. The number of aliphatic hydroxyl groups is 3. The molecular formula is C27H31IN2O7. The first-order valence-electron chi connectivity index (χ1n) is 11.6. The number of ether oxygens (including phenoxy) is 3. The number of para-hydroxylation sites is 1. The molecule has 0 bridgehead atoms. The van der Waals surface area contributed by atoms with E-state index in [0.717, 1.165) is 22.2 Å². The summed E-state index contributed by atoms with van der Waals surface area (Å²) in [5.41, 5.74) is 3.00. The normalized spacial score (nSPS) is 23.5. The third-order valence-corrected chi connectivity index (χ3v) is 6.25. The molecule has 5 atom stereocenters. The fourth-order valence-electron chi connectivity index (χ4n) is 4.29. The van der Waals surface area contributed by atoms with Crippen LogP contribution in [0.5, 0.6) is 11.5 Å². The monoisotopic (exact) mass is 622 g/mol. The van der Waals surface area contributed by atoms with Crippen LogP contribution in [0.3, 0.4) is 0 Å². The number of fused-ring (bicyclic) bond motifs is 1. The van der Waals surface area contributed by atoms with Crippen LogP contribution in [0.2, 0.25) is 0 Å². The Hall–Kier alpha value is -2.77. The summed E-state index contributed by atoms with van der Waals surface area (Å²) in [7, 11) is 3.52. The first kappa shape index (κ1) is 28.8. The lowest BCUT2D eigenvalue weighted by Crippen LogP contribution is -3.00. The average molecular weight is 622 g/mol. The highest BCUT2D eigenvalue weighted by atomic mass is 127. The van der Waals surface area contributed by atoms with Crippen molar-refractivity contribution in [3.63, 3.8) is 0 Å². The van der Waals surface area contributed by atoms with Crippen LogP contribution in [0.25, 0.3) is 23.1 Å². The molecule has 2 aromatic carbocycles. The zero-order valence-corrected chi connectivity index (χ0v) is 22.9. The summed E-state index contributed by atoms with van der Waals surface area (Å²) >= 11 is 0. The van der Waals surface area contributed by atoms with E-state index in [1.807, 2.05) is 43.5 Å². The van der Waals surface area contributed by atoms with Gasteiger partial charge in [0.05, 0.1) is 13.7 Å². The Kier molecular flexibility index (Phi) is 9.85. The van der Waals surface area contributed by atoms with Crippen molar-refractivity contribution in [2.24, 2.45) is 7.05 Å². The van der Waals surface area contributed by atoms with Crippen molar-refractivity contribution in [3.8, 4) is 11.5 Å². The van der Waals surface area contributed by atoms with Gasteiger partial charge in [-0.05, 0) is 35.9 Å². The number of carbonyl (C=O) groups is 1. The fourth-order valence-corrected chi connectivity index (χ4v) is 4.29. The van der Waals surface area contributed by atoms with Crippen LogP contribution in [0.1, 0.15) is 18.2 Å². The number of aliphatic hydroxyl groups excluding tert-OH is 3. The number of methoxy groups -OCH3 is 1. The predicted octanol–water partition coefficient (Wildman–Crippen LogP) is -1.83. The largest absolute Gasteiger partial charge is 1.00 e. The molecule has 1 saturated heterocycles. The molecule has 0 unspecified atom stereocenters. The van der Waals surface area contributed by atoms with Crippen molar-refractivity contribution in [2.75, 3.05) is 13.7 Å². The molecular weight excluding hydrogens is 591 g/mol. The lowest BCUT2D eigenvalue weighted by molar-refractivity contribution is -0.646. The van der Waals surface area contributed by atoms with E-state index >= 15 is 0 Å². The van der Waals surface area contributed by atoms with Crippen LogP contribution in [-0.4, -0.2) is 65.6 Å². The van der Waals surface area contributed by atoms with Gasteiger partial charge in [0.25, 0.3) is 0 Å². The van der Waals surface area contributed by atoms with Gasteiger partial charge in [-0.3, -0.25) is 4.79 Å². The van der Waals surface area contributed by atoms with Crippen LogP contribution < -0.4 is 43.3 Å². The molecule has 1 aliphatic rings. The van der Waals surface area contributed by atoms with E-state index in [9.17, 15) is 20.1 Å². The summed E-state index contributed by atoms with van der Waals surface area (Å²) < 4.78 is 19.2. The van der Waals surface area contributed by atoms with Crippen molar-refractivity contribution in [1.82, 2.24) is 5.32 Å². The van der Waals surface area contributed by atoms with Crippen molar-refractivity contribution >= 4 is 29.0 Å². The van der Waals surface area contributed by atoms with E-state index in [2.05, 4.69) is 28.1 Å². The highest BCUT2D eigenvalue weighted by Gasteiger charge is 2.46. The van der Waals surface area contributed by atoms with E-state index in [-0.39, 0.29) is 24.0 Å². The van der Waals surface area contributed by atoms with E-state index in [1.165, 1.54) is 14.0 Å². The molecule has 4 rings (SSSR count). The number of nitrogens with zero attached hydrogens (tertiary/aromatic N) is 1. The molecule has 3 aromatic rings. The Balaban J connectivity index is 0.00000380. The van der Waals surface area contributed by atoms with Gasteiger partial charge in [0, 0.05) is 30.5 Å². The minimum Gasteiger partial charge on any atom is -1.00 e. The van der Waals surface area contributed by atoms with Gasteiger partial charge in [-0.15, -0.1) is 0 Å². The smallest absolute Gasteiger partial charge is 0.223 e. The van der Waals surface area contributed by atoms with Gasteiger partial charge in [0.2, 0.25) is 23.4 Å². The summed E-state index contributed by atoms with van der Waals surface area (Å²) in [6.45, 7) is 0.753. The van der Waals surface area contributed by atoms with Gasteiger partial charge in [-0.2, -0.15) is 4.57 Å². The lowest BCUT2D eigenvalue weighted by atomic mass is 9.97. The van der Waals surface area contributed by atoms with Gasteiger partial charge in [-0.25, -0.2) is 0 Å². The first-order valence-corrected chi connectivity index (χ1v) is 11.6. The maximum absolute atomic E-state index is 11.7. The summed E-state index contributed by atoms with van der Waals surface area (Å²) in [6, 6.07) is 16.5. The standard InChI is InChI=1S/C27H30N2O7.HI/c1-16(31)28-24-26(33)25(32)23(15-30)36-27(24)35-21-13-9-17(14-22(21)34-3)8-11-19-12-10-18-6-4-5-7-20(18)29(19)2;/h4-14,23-27,30,32-33H,15H2,1-3H3;1H/t23-,24+,25-,26-,27-;/m1./s1. The molecule has 0 spiro atoms. The Morgan fingerprint density at radius 1 is 1.08 bits per heavy atom. The lowest BCUT2D eigenvalue weighted by Gasteiger charge is -2.42. The van der Waals surface area contributed by atoms with Crippen molar-refractivity contribution in [2.45, 2.75) is 37.6 Å². The molecule has 9 nitrogen and oxygen atoms in total. The van der Waals surface area contributed by atoms with Crippen LogP contribution in [0.4, 0.5) is 0 Å². The van der Waals surface area contributed by atoms with Gasteiger partial charge in [0.15, 0.2) is 11.5 Å². The second kappa shape index (κ2) is 12.7. The maximum Gasteiger partial charge on any atom is 0.223 e. The molecule has 1 aliphatic heterocycles. The topological polar surface area (TPSA) is 121 Å². The predicted molar refractivity (Wildman–Crippen MR) is 133 cm³/mol. The molecule has 1 amide bonds. The van der Waals surface area contributed by atoms with Crippen LogP contribution in [-0.2, 0) is 16.6 Å². The van der Waals surface area contributed by atoms with Gasteiger partial charge < -0.3 is 58.8 Å². The van der Waals surface area contributed by atoms with E-state index in [0.29, 0.717) is 11.5 Å². The van der Waals surface area contributed by atoms with E-state index in [1.54, 1.807) is 12.1 Å². The van der Waals surface area contributed by atoms with Crippen LogP contribution in [0.15, 0.2) is 54.6 Å². The number of aryl methyl sites for hydroxylation is 1. The Morgan fingerprint density at radius 3 is 2.54 bits per heavy atom. The van der Waals surface area contributed by atoms with Crippen LogP contribution >= 0.6 is 0 Å². The van der Waals surface area contributed by atoms with Crippen molar-refractivity contribution in [1.29, 1.82) is 0 Å². The number of hydrogen-bond donors (Lipinski definition) is 4. The SMILES string of the molecule is COc1cc(C=Cc2ccc3ccccc3[n+]2C)ccc1O[C@@H]1O[C@H](CO)[C@@H](O)[C@H](O)[C@@H]1NC(C)=O.[I-]. The molecule has 0 radical (unpaired) electrons. The summed E-state index contributed by atoms with van der Waals surface area (Å²) in [5, 5.41) is 33.9. The number of pyridine rings is 1. The van der Waals surface area contributed by atoms with Gasteiger partial charge in [0.1, 0.15) is 31.4 Å². The number of rotatable bonds is 7. The molecule has 1 aromatic heterocycles. The van der Waals surface area contributed by atoms with Crippen molar-refractivity contribution < 1.29 is 62.9 Å². The van der Waals surface area contributed by atoms with E-state index < -0.39 is 43.2 Å². The highest BCUT2D eigenvalue weighted by molar-refractivity contribution is 5.77. The maximum atomic E-state index is 11.7. The number of nitrogens with one attached hydrogen (secondary N) is 1. The molecule has 198 valence electrons. The molecule has 4 N–H and O–H groups in total. The number of carbonyl (C=O) groups excluding carboxylic acids is 1. The Bertz CT molecular complexity index is 1270. The zero-order valence-electron chi connectivity index (χ0n) is 20.7. The summed E-state index contributed by atoms with van der Waals surface area (Å²) in [5.74, 6) is 0.290. The number of benzene rings is 2. The molecule has 1 fully saturated rings.